The summed E-state index contributed by atoms with van der Waals surface area (Å²) in [6.07, 6.45) is 8.30. The minimum absolute atomic E-state index is 0.113. The summed E-state index contributed by atoms with van der Waals surface area (Å²) in [5.41, 5.74) is 5.18. The molecule has 0 aliphatic rings. The molecule has 0 radical (unpaired) electrons. The molecule has 3 aromatic rings. The highest BCUT2D eigenvalue weighted by atomic mass is 19.1. The number of aryl methyl sites for hydroxylation is 1. The van der Waals surface area contributed by atoms with Crippen LogP contribution in [0.2, 0.25) is 0 Å². The van der Waals surface area contributed by atoms with Crippen LogP contribution in [0, 0.1) is 11.6 Å². The number of rotatable bonds is 8. The maximum absolute atomic E-state index is 14.4. The highest BCUT2D eigenvalue weighted by Gasteiger charge is 2.15. The molecule has 0 bridgehead atoms. The number of hydrogen-bond donors (Lipinski definition) is 0. The molecule has 0 saturated carbocycles. The molecule has 1 aromatic heterocycles. The molecule has 0 amide bonds. The van der Waals surface area contributed by atoms with Crippen LogP contribution in [-0.2, 0) is 12.8 Å². The summed E-state index contributed by atoms with van der Waals surface area (Å²) in [4.78, 5) is 4.63. The lowest BCUT2D eigenvalue weighted by Crippen LogP contribution is -1.98. The second kappa shape index (κ2) is 9.60. The zero-order valence-corrected chi connectivity index (χ0v) is 17.1. The lowest BCUT2D eigenvalue weighted by molar-refractivity contribution is 0.559. The van der Waals surface area contributed by atoms with Crippen LogP contribution >= 0.6 is 0 Å². The largest absolute Gasteiger partial charge is 0.255 e. The Morgan fingerprint density at radius 1 is 0.931 bits per heavy atom. The molecule has 3 heteroatoms. The predicted molar refractivity (Wildman–Crippen MR) is 118 cm³/mol. The van der Waals surface area contributed by atoms with Crippen molar-refractivity contribution in [1.82, 2.24) is 4.98 Å². The Kier molecular flexibility index (Phi) is 6.92. The van der Waals surface area contributed by atoms with Gasteiger partial charge in [0.2, 0.25) is 0 Å². The first-order valence-corrected chi connectivity index (χ1v) is 10.3. The average molecular weight is 392 g/mol. The summed E-state index contributed by atoms with van der Waals surface area (Å²) >= 11 is 0. The molecule has 1 heterocycles. The fourth-order valence-electron chi connectivity index (χ4n) is 3.55. The molecule has 29 heavy (non-hydrogen) atoms. The van der Waals surface area contributed by atoms with Crippen LogP contribution in [0.25, 0.3) is 28.5 Å². The van der Waals surface area contributed by atoms with E-state index in [1.54, 1.807) is 13.0 Å². The minimum Gasteiger partial charge on any atom is -0.255 e. The Hall–Kier alpha value is -2.81. The summed E-state index contributed by atoms with van der Waals surface area (Å²) in [5.74, 6) is -1.05. The monoisotopic (exact) mass is 391 g/mol. The summed E-state index contributed by atoms with van der Waals surface area (Å²) in [6.45, 7) is 7.72. The van der Waals surface area contributed by atoms with Crippen molar-refractivity contribution in [3.05, 3.63) is 83.6 Å². The maximum atomic E-state index is 14.4. The fourth-order valence-corrected chi connectivity index (χ4v) is 3.55. The molecule has 1 nitrogen and oxygen atoms in total. The van der Waals surface area contributed by atoms with Crippen molar-refractivity contribution >= 4 is 6.08 Å². The van der Waals surface area contributed by atoms with E-state index in [2.05, 4.69) is 24.6 Å². The van der Waals surface area contributed by atoms with Crippen LogP contribution in [0.15, 0.2) is 55.2 Å². The van der Waals surface area contributed by atoms with Gasteiger partial charge in [0.05, 0.1) is 5.69 Å². The van der Waals surface area contributed by atoms with Gasteiger partial charge in [-0.1, -0.05) is 63.6 Å². The minimum atomic E-state index is -0.524. The summed E-state index contributed by atoms with van der Waals surface area (Å²) in [6, 6.07) is 12.9. The van der Waals surface area contributed by atoms with E-state index in [-0.39, 0.29) is 5.56 Å². The number of unbranched alkanes of at least 4 members (excludes halogenated alkanes) is 2. The quantitative estimate of drug-likeness (QED) is 0.360. The number of halogens is 2. The van der Waals surface area contributed by atoms with Gasteiger partial charge in [0.15, 0.2) is 0 Å². The lowest BCUT2D eigenvalue weighted by atomic mass is 9.95. The smallest absolute Gasteiger partial charge is 0.129 e. The van der Waals surface area contributed by atoms with Gasteiger partial charge >= 0.3 is 0 Å². The van der Waals surface area contributed by atoms with Crippen molar-refractivity contribution < 1.29 is 8.78 Å². The second-order valence-electron chi connectivity index (χ2n) is 7.29. The molecule has 0 spiro atoms. The number of hydrogen-bond acceptors (Lipinski definition) is 1. The SMILES string of the molecule is C=Cc1ccc(-c2cc(CCCCC)cnc2-c2cc(F)c(CC)c(F)c2)cc1. The molecule has 0 unspecified atom stereocenters. The van der Waals surface area contributed by atoms with Gasteiger partial charge < -0.3 is 0 Å². The molecule has 150 valence electrons. The van der Waals surface area contributed by atoms with E-state index < -0.39 is 11.6 Å². The van der Waals surface area contributed by atoms with Gasteiger partial charge in [-0.3, -0.25) is 4.98 Å². The van der Waals surface area contributed by atoms with Crippen LogP contribution in [0.1, 0.15) is 49.8 Å². The molecule has 0 fully saturated rings. The standard InChI is InChI=1S/C26H27F2N/c1-4-7-8-9-19-14-23(20-12-10-18(5-2)11-13-20)26(29-17-19)21-15-24(27)22(6-3)25(28)16-21/h5,10-17H,2,4,6-9H2,1,3H3. The van der Waals surface area contributed by atoms with E-state index in [4.69, 9.17) is 0 Å². The van der Waals surface area contributed by atoms with Gasteiger partial charge in [-0.05, 0) is 54.2 Å². The van der Waals surface area contributed by atoms with Gasteiger partial charge in [-0.15, -0.1) is 0 Å². The number of aromatic nitrogens is 1. The topological polar surface area (TPSA) is 12.9 Å². The molecular weight excluding hydrogens is 364 g/mol. The van der Waals surface area contributed by atoms with E-state index >= 15 is 0 Å². The Balaban J connectivity index is 2.11. The van der Waals surface area contributed by atoms with Gasteiger partial charge in [-0.25, -0.2) is 8.78 Å². The predicted octanol–water partition coefficient (Wildman–Crippen LogP) is 7.63. The second-order valence-corrected chi connectivity index (χ2v) is 7.29. The van der Waals surface area contributed by atoms with Crippen molar-refractivity contribution in [2.75, 3.05) is 0 Å². The van der Waals surface area contributed by atoms with Crippen LogP contribution in [-0.4, -0.2) is 4.98 Å². The van der Waals surface area contributed by atoms with E-state index in [1.165, 1.54) is 18.6 Å². The Morgan fingerprint density at radius 2 is 1.62 bits per heavy atom. The third-order valence-corrected chi connectivity index (χ3v) is 5.24. The molecule has 2 aromatic carbocycles. The molecule has 3 rings (SSSR count). The number of pyridine rings is 1. The highest BCUT2D eigenvalue weighted by Crippen LogP contribution is 2.33. The van der Waals surface area contributed by atoms with Crippen LogP contribution in [0.5, 0.6) is 0 Å². The van der Waals surface area contributed by atoms with Gasteiger partial charge in [0, 0.05) is 22.9 Å². The van der Waals surface area contributed by atoms with Gasteiger partial charge in [0.1, 0.15) is 11.6 Å². The van der Waals surface area contributed by atoms with Crippen molar-refractivity contribution in [3.8, 4) is 22.4 Å². The molecule has 0 atom stereocenters. The molecular formula is C26H27F2N. The lowest BCUT2D eigenvalue weighted by Gasteiger charge is -2.13. The molecule has 0 aliphatic heterocycles. The summed E-state index contributed by atoms with van der Waals surface area (Å²) in [7, 11) is 0. The average Bonchev–Trinajstić information content (AvgIpc) is 2.73. The molecule has 0 aliphatic carbocycles. The number of nitrogens with zero attached hydrogens (tertiary/aromatic N) is 1. The fraction of sp³-hybridized carbons (Fsp3) is 0.269. The van der Waals surface area contributed by atoms with Gasteiger partial charge in [0.25, 0.3) is 0 Å². The highest BCUT2D eigenvalue weighted by molar-refractivity contribution is 5.81. The Morgan fingerprint density at radius 3 is 2.21 bits per heavy atom. The zero-order chi connectivity index (χ0) is 20.8. The van der Waals surface area contributed by atoms with Crippen LogP contribution in [0.3, 0.4) is 0 Å². The molecule has 0 saturated heterocycles. The third kappa shape index (κ3) is 4.79. The Labute approximate surface area is 172 Å². The van der Waals surface area contributed by atoms with Crippen molar-refractivity contribution in [3.63, 3.8) is 0 Å². The molecule has 0 N–H and O–H groups in total. The number of benzene rings is 2. The van der Waals surface area contributed by atoms with Crippen molar-refractivity contribution in [2.45, 2.75) is 46.0 Å². The van der Waals surface area contributed by atoms with E-state index in [9.17, 15) is 8.78 Å². The van der Waals surface area contributed by atoms with Crippen molar-refractivity contribution in [1.29, 1.82) is 0 Å². The third-order valence-electron chi connectivity index (χ3n) is 5.24. The van der Waals surface area contributed by atoms with E-state index in [1.807, 2.05) is 30.5 Å². The normalized spacial score (nSPS) is 10.9. The van der Waals surface area contributed by atoms with Crippen LogP contribution < -0.4 is 0 Å². The van der Waals surface area contributed by atoms with Crippen molar-refractivity contribution in [2.24, 2.45) is 0 Å². The van der Waals surface area contributed by atoms with E-state index in [0.29, 0.717) is 17.7 Å². The summed E-state index contributed by atoms with van der Waals surface area (Å²) in [5, 5.41) is 0. The maximum Gasteiger partial charge on any atom is 0.129 e. The first-order valence-electron chi connectivity index (χ1n) is 10.3. The summed E-state index contributed by atoms with van der Waals surface area (Å²) < 4.78 is 28.9. The first kappa shape index (κ1) is 20.9. The Bertz CT molecular complexity index is 967. The zero-order valence-electron chi connectivity index (χ0n) is 17.1. The van der Waals surface area contributed by atoms with Crippen LogP contribution in [0.4, 0.5) is 8.78 Å². The first-order chi connectivity index (χ1) is 14.1. The van der Waals surface area contributed by atoms with E-state index in [0.717, 1.165) is 41.5 Å². The van der Waals surface area contributed by atoms with Gasteiger partial charge in [-0.2, -0.15) is 0 Å².